The lowest BCUT2D eigenvalue weighted by Gasteiger charge is -2.14. The van der Waals surface area contributed by atoms with Crippen molar-refractivity contribution in [1.29, 1.82) is 0 Å². The number of benzene rings is 2. The number of ether oxygens (including phenoxy) is 1. The molecule has 1 aromatic heterocycles. The number of carbonyl (C=O) groups is 1. The van der Waals surface area contributed by atoms with Crippen LogP contribution in [0.4, 0.5) is 0 Å². The summed E-state index contributed by atoms with van der Waals surface area (Å²) in [5.74, 6) is 2.13. The molecule has 0 aliphatic rings. The van der Waals surface area contributed by atoms with E-state index in [1.54, 1.807) is 0 Å². The fourth-order valence-corrected chi connectivity index (χ4v) is 4.33. The first-order valence-electron chi connectivity index (χ1n) is 12.1. The highest BCUT2D eigenvalue weighted by molar-refractivity contribution is 6.32. The van der Waals surface area contributed by atoms with Crippen LogP contribution in [0.15, 0.2) is 36.4 Å². The van der Waals surface area contributed by atoms with Gasteiger partial charge >= 0.3 is 0 Å². The molecule has 0 unspecified atom stereocenters. The molecule has 0 radical (unpaired) electrons. The van der Waals surface area contributed by atoms with Crippen LogP contribution in [0, 0.1) is 19.8 Å². The van der Waals surface area contributed by atoms with Crippen LogP contribution in [0.3, 0.4) is 0 Å². The monoisotopic (exact) mass is 469 g/mol. The Morgan fingerprint density at radius 3 is 2.52 bits per heavy atom. The van der Waals surface area contributed by atoms with E-state index in [4.69, 9.17) is 21.3 Å². The second-order valence-electron chi connectivity index (χ2n) is 8.65. The molecule has 3 aromatic rings. The number of nitrogens with one attached hydrogen (secondary N) is 1. The predicted octanol–water partition coefficient (Wildman–Crippen LogP) is 6.26. The summed E-state index contributed by atoms with van der Waals surface area (Å²) < 4.78 is 8.25. The van der Waals surface area contributed by atoms with Crippen molar-refractivity contribution >= 4 is 28.5 Å². The number of para-hydroxylation sites is 2. The minimum Gasteiger partial charge on any atom is -0.494 e. The number of aromatic nitrogens is 2. The molecular weight excluding hydrogens is 434 g/mol. The van der Waals surface area contributed by atoms with E-state index in [1.807, 2.05) is 44.2 Å². The lowest BCUT2D eigenvalue weighted by atomic mass is 10.0. The Balaban J connectivity index is 1.56. The summed E-state index contributed by atoms with van der Waals surface area (Å²) in [5.41, 5.74) is 4.22. The maximum Gasteiger partial charge on any atom is 0.223 e. The van der Waals surface area contributed by atoms with E-state index in [0.717, 1.165) is 77.4 Å². The van der Waals surface area contributed by atoms with Gasteiger partial charge in [0.15, 0.2) is 0 Å². The minimum atomic E-state index is 0.0945. The summed E-state index contributed by atoms with van der Waals surface area (Å²) in [5, 5.41) is 3.89. The minimum absolute atomic E-state index is 0.0945. The first-order chi connectivity index (χ1) is 15.9. The first-order valence-corrected chi connectivity index (χ1v) is 12.4. The molecule has 2 aromatic carbocycles. The average molecular weight is 470 g/mol. The lowest BCUT2D eigenvalue weighted by molar-refractivity contribution is -0.125. The number of hydrogen-bond acceptors (Lipinski definition) is 3. The van der Waals surface area contributed by atoms with Gasteiger partial charge in [0.2, 0.25) is 5.91 Å². The van der Waals surface area contributed by atoms with Gasteiger partial charge in [0.25, 0.3) is 0 Å². The van der Waals surface area contributed by atoms with Crippen molar-refractivity contribution in [3.8, 4) is 5.75 Å². The zero-order valence-corrected chi connectivity index (χ0v) is 21.0. The normalized spacial score (nSPS) is 11.3. The molecule has 0 saturated carbocycles. The second-order valence-corrected chi connectivity index (χ2v) is 9.03. The zero-order valence-electron chi connectivity index (χ0n) is 20.3. The van der Waals surface area contributed by atoms with Crippen molar-refractivity contribution in [3.63, 3.8) is 0 Å². The van der Waals surface area contributed by atoms with Gasteiger partial charge in [0, 0.05) is 30.5 Å². The number of fused-ring (bicyclic) bond motifs is 1. The Bertz CT molecular complexity index is 1050. The van der Waals surface area contributed by atoms with Crippen molar-refractivity contribution in [1.82, 2.24) is 14.9 Å². The average Bonchev–Trinajstić information content (AvgIpc) is 3.15. The van der Waals surface area contributed by atoms with Gasteiger partial charge in [-0.2, -0.15) is 0 Å². The van der Waals surface area contributed by atoms with E-state index in [9.17, 15) is 4.79 Å². The van der Waals surface area contributed by atoms with Crippen molar-refractivity contribution in [2.45, 2.75) is 66.3 Å². The summed E-state index contributed by atoms with van der Waals surface area (Å²) in [6.07, 6.45) is 4.40. The largest absolute Gasteiger partial charge is 0.494 e. The molecule has 0 fully saturated rings. The molecule has 1 N–H and O–H groups in total. The molecule has 0 aliphatic heterocycles. The summed E-state index contributed by atoms with van der Waals surface area (Å²) >= 11 is 6.25. The highest BCUT2D eigenvalue weighted by atomic mass is 35.5. The molecule has 0 bridgehead atoms. The zero-order chi connectivity index (χ0) is 23.8. The van der Waals surface area contributed by atoms with Gasteiger partial charge in [-0.3, -0.25) is 4.79 Å². The van der Waals surface area contributed by atoms with Crippen LogP contribution in [0.5, 0.6) is 5.75 Å². The quantitative estimate of drug-likeness (QED) is 0.318. The third-order valence-corrected chi connectivity index (χ3v) is 6.79. The molecule has 3 rings (SSSR count). The number of amides is 1. The number of imidazole rings is 1. The third-order valence-electron chi connectivity index (χ3n) is 6.19. The Hall–Kier alpha value is -2.53. The Kier molecular flexibility index (Phi) is 9.19. The van der Waals surface area contributed by atoms with Crippen LogP contribution >= 0.6 is 11.6 Å². The van der Waals surface area contributed by atoms with Gasteiger partial charge in [0.1, 0.15) is 11.6 Å². The summed E-state index contributed by atoms with van der Waals surface area (Å²) in [7, 11) is 0. The molecular formula is C27H36ClN3O2. The van der Waals surface area contributed by atoms with Crippen molar-refractivity contribution in [3.05, 3.63) is 58.4 Å². The third kappa shape index (κ3) is 6.50. The molecule has 6 heteroatoms. The molecule has 178 valence electrons. The van der Waals surface area contributed by atoms with Crippen LogP contribution in [0.1, 0.15) is 56.5 Å². The number of nitrogens with zero attached hydrogens (tertiary/aromatic N) is 2. The van der Waals surface area contributed by atoms with Crippen molar-refractivity contribution in [2.24, 2.45) is 5.92 Å². The fourth-order valence-electron chi connectivity index (χ4n) is 4.22. The number of unbranched alkanes of at least 4 members (excludes halogenated alkanes) is 1. The van der Waals surface area contributed by atoms with Crippen LogP contribution in [0.2, 0.25) is 5.02 Å². The van der Waals surface area contributed by atoms with E-state index in [0.29, 0.717) is 13.2 Å². The Morgan fingerprint density at radius 1 is 1.12 bits per heavy atom. The van der Waals surface area contributed by atoms with E-state index >= 15 is 0 Å². The van der Waals surface area contributed by atoms with E-state index in [1.165, 1.54) is 0 Å². The number of carbonyl (C=O) groups excluding carboxylic acids is 1. The van der Waals surface area contributed by atoms with Gasteiger partial charge in [-0.15, -0.1) is 0 Å². The molecule has 5 nitrogen and oxygen atoms in total. The molecule has 0 aliphatic carbocycles. The summed E-state index contributed by atoms with van der Waals surface area (Å²) in [6, 6.07) is 12.2. The van der Waals surface area contributed by atoms with Gasteiger partial charge in [-0.1, -0.05) is 37.6 Å². The van der Waals surface area contributed by atoms with Gasteiger partial charge in [0.05, 0.1) is 17.6 Å². The Labute approximate surface area is 202 Å². The van der Waals surface area contributed by atoms with Crippen LogP contribution in [-0.2, 0) is 17.8 Å². The molecule has 0 atom stereocenters. The number of halogens is 1. The van der Waals surface area contributed by atoms with Gasteiger partial charge in [-0.05, 0) is 74.9 Å². The first kappa shape index (κ1) is 25.1. The number of rotatable bonds is 12. The topological polar surface area (TPSA) is 56.2 Å². The number of hydrogen-bond donors (Lipinski definition) is 1. The lowest BCUT2D eigenvalue weighted by Crippen LogP contribution is -2.32. The molecule has 1 heterocycles. The van der Waals surface area contributed by atoms with Gasteiger partial charge in [-0.25, -0.2) is 4.98 Å². The fraction of sp³-hybridized carbons (Fsp3) is 0.481. The highest BCUT2D eigenvalue weighted by Crippen LogP contribution is 2.26. The molecule has 1 amide bonds. The summed E-state index contributed by atoms with van der Waals surface area (Å²) in [4.78, 5) is 17.2. The van der Waals surface area contributed by atoms with E-state index in [-0.39, 0.29) is 11.8 Å². The van der Waals surface area contributed by atoms with Crippen LogP contribution in [-0.4, -0.2) is 28.6 Å². The predicted molar refractivity (Wildman–Crippen MR) is 136 cm³/mol. The van der Waals surface area contributed by atoms with Gasteiger partial charge < -0.3 is 14.6 Å². The molecule has 0 spiro atoms. The smallest absolute Gasteiger partial charge is 0.223 e. The van der Waals surface area contributed by atoms with E-state index in [2.05, 4.69) is 29.8 Å². The van der Waals surface area contributed by atoms with Crippen molar-refractivity contribution in [2.75, 3.05) is 13.2 Å². The van der Waals surface area contributed by atoms with Crippen LogP contribution in [0.25, 0.3) is 11.0 Å². The highest BCUT2D eigenvalue weighted by Gasteiger charge is 2.15. The van der Waals surface area contributed by atoms with E-state index < -0.39 is 0 Å². The second kappa shape index (κ2) is 12.1. The standard InChI is InChI=1S/C27H36ClN3O2/c1-5-21(6-2)27(32)29-14-13-25-30-23-11-7-8-12-24(23)31(25)15-9-10-16-33-22-17-19(3)26(28)20(4)18-22/h7-8,11-12,17-18,21H,5-6,9-10,13-16H2,1-4H3,(H,29,32). The Morgan fingerprint density at radius 2 is 1.82 bits per heavy atom. The maximum absolute atomic E-state index is 12.3. The molecule has 33 heavy (non-hydrogen) atoms. The number of aryl methyl sites for hydroxylation is 3. The maximum atomic E-state index is 12.3. The van der Waals surface area contributed by atoms with Crippen molar-refractivity contribution < 1.29 is 9.53 Å². The summed E-state index contributed by atoms with van der Waals surface area (Å²) in [6.45, 7) is 10.3. The molecule has 0 saturated heterocycles. The SMILES string of the molecule is CCC(CC)C(=O)NCCc1nc2ccccc2n1CCCCOc1cc(C)c(Cl)c(C)c1. The van der Waals surface area contributed by atoms with Crippen LogP contribution < -0.4 is 10.1 Å².